The van der Waals surface area contributed by atoms with Crippen molar-refractivity contribution in [2.45, 2.75) is 13.8 Å². The lowest BCUT2D eigenvalue weighted by Crippen LogP contribution is -2.54. The fourth-order valence-electron chi connectivity index (χ4n) is 4.08. The Hall–Kier alpha value is -4.57. The van der Waals surface area contributed by atoms with Gasteiger partial charge in [-0.15, -0.1) is 0 Å². The number of aryl methyl sites for hydroxylation is 1. The fourth-order valence-corrected chi connectivity index (χ4v) is 4.36. The number of esters is 1. The number of benzene rings is 2. The number of thiocarbonyl (C=S) groups is 1. The molecule has 10 heteroatoms. The van der Waals surface area contributed by atoms with E-state index in [1.165, 1.54) is 37.5 Å². The molecule has 2 N–H and O–H groups in total. The Bertz CT molecular complexity index is 1490. The van der Waals surface area contributed by atoms with Gasteiger partial charge >= 0.3 is 11.9 Å². The highest BCUT2D eigenvalue weighted by Crippen LogP contribution is 2.28. The van der Waals surface area contributed by atoms with E-state index in [9.17, 15) is 24.3 Å². The number of carboxylic acid groups (broad SMARTS) is 1. The van der Waals surface area contributed by atoms with Crippen molar-refractivity contribution in [2.75, 3.05) is 12.0 Å². The minimum atomic E-state index is -1.16. The third-order valence-electron chi connectivity index (χ3n) is 5.77. The second kappa shape index (κ2) is 9.59. The molecule has 0 unspecified atom stereocenters. The maximum atomic E-state index is 13.4. The van der Waals surface area contributed by atoms with E-state index in [-0.39, 0.29) is 21.9 Å². The molecule has 1 aromatic heterocycles. The molecular formula is C26H21N3O6S. The van der Waals surface area contributed by atoms with Crippen LogP contribution in [0.4, 0.5) is 5.69 Å². The number of para-hydroxylation sites is 1. The largest absolute Gasteiger partial charge is 0.478 e. The van der Waals surface area contributed by atoms with Crippen LogP contribution < -0.4 is 10.2 Å². The van der Waals surface area contributed by atoms with Crippen LogP contribution in [0.1, 0.15) is 37.7 Å². The molecule has 0 spiro atoms. The van der Waals surface area contributed by atoms with E-state index >= 15 is 0 Å². The molecule has 2 heterocycles. The molecule has 1 aliphatic heterocycles. The van der Waals surface area contributed by atoms with Crippen molar-refractivity contribution < 1.29 is 29.0 Å². The monoisotopic (exact) mass is 503 g/mol. The minimum Gasteiger partial charge on any atom is -0.478 e. The predicted molar refractivity (Wildman–Crippen MR) is 136 cm³/mol. The van der Waals surface area contributed by atoms with Gasteiger partial charge in [0.2, 0.25) is 0 Å². The van der Waals surface area contributed by atoms with Gasteiger partial charge in [-0.1, -0.05) is 18.2 Å². The van der Waals surface area contributed by atoms with Gasteiger partial charge in [-0.3, -0.25) is 19.8 Å². The summed E-state index contributed by atoms with van der Waals surface area (Å²) >= 11 is 5.21. The molecule has 0 radical (unpaired) electrons. The first kappa shape index (κ1) is 24.6. The zero-order chi connectivity index (χ0) is 26.1. The van der Waals surface area contributed by atoms with E-state index in [1.54, 1.807) is 37.3 Å². The molecule has 3 aromatic rings. The Morgan fingerprint density at radius 1 is 1.06 bits per heavy atom. The van der Waals surface area contributed by atoms with Gasteiger partial charge in [0.25, 0.3) is 11.8 Å². The van der Waals surface area contributed by atoms with Gasteiger partial charge in [0, 0.05) is 11.4 Å². The number of carboxylic acids is 1. The van der Waals surface area contributed by atoms with E-state index in [0.29, 0.717) is 22.5 Å². The van der Waals surface area contributed by atoms with E-state index in [0.717, 1.165) is 10.6 Å². The summed E-state index contributed by atoms with van der Waals surface area (Å²) in [6.45, 7) is 3.64. The standard InChI is InChI=1S/C26H21N3O6S/c1-14-11-17(15(2)28(14)21-10-5-4-9-19(21)25(34)35-3)13-20-22(30)27-26(36)29(23(20)31)18-8-6-7-16(12-18)24(32)33/h4-13H,1-3H3,(H,32,33)(H,27,30,36). The van der Waals surface area contributed by atoms with Crippen molar-refractivity contribution in [1.29, 1.82) is 0 Å². The number of ether oxygens (including phenoxy) is 1. The van der Waals surface area contributed by atoms with Gasteiger partial charge in [0.05, 0.1) is 29.6 Å². The van der Waals surface area contributed by atoms with Gasteiger partial charge in [-0.05, 0) is 74.1 Å². The predicted octanol–water partition coefficient (Wildman–Crippen LogP) is 3.41. The number of anilines is 1. The number of nitrogens with one attached hydrogen (secondary N) is 1. The summed E-state index contributed by atoms with van der Waals surface area (Å²) in [7, 11) is 1.31. The van der Waals surface area contributed by atoms with Crippen LogP contribution in [0, 0.1) is 13.8 Å². The molecule has 2 aromatic carbocycles. The second-order valence-electron chi connectivity index (χ2n) is 7.98. The quantitative estimate of drug-likeness (QED) is 0.237. The number of rotatable bonds is 5. The maximum Gasteiger partial charge on any atom is 0.339 e. The number of carbonyl (C=O) groups excluding carboxylic acids is 3. The summed E-state index contributed by atoms with van der Waals surface area (Å²) in [5.74, 6) is -3.01. The molecule has 0 saturated carbocycles. The summed E-state index contributed by atoms with van der Waals surface area (Å²) in [6, 6.07) is 14.5. The molecule has 182 valence electrons. The molecular weight excluding hydrogens is 482 g/mol. The molecule has 9 nitrogen and oxygen atoms in total. The molecule has 0 aliphatic carbocycles. The van der Waals surface area contributed by atoms with Gasteiger partial charge in [0.15, 0.2) is 5.11 Å². The third-order valence-corrected chi connectivity index (χ3v) is 6.06. The maximum absolute atomic E-state index is 13.4. The van der Waals surface area contributed by atoms with Crippen molar-refractivity contribution in [1.82, 2.24) is 9.88 Å². The molecule has 0 bridgehead atoms. The number of aromatic carboxylic acids is 1. The van der Waals surface area contributed by atoms with Gasteiger partial charge in [0.1, 0.15) is 5.57 Å². The molecule has 36 heavy (non-hydrogen) atoms. The Morgan fingerprint density at radius 3 is 2.47 bits per heavy atom. The molecule has 4 rings (SSSR count). The number of carbonyl (C=O) groups is 4. The summed E-state index contributed by atoms with van der Waals surface area (Å²) in [4.78, 5) is 50.9. The van der Waals surface area contributed by atoms with Crippen LogP contribution in [0.25, 0.3) is 11.8 Å². The third kappa shape index (κ3) is 4.29. The highest BCUT2D eigenvalue weighted by Gasteiger charge is 2.35. The zero-order valence-corrected chi connectivity index (χ0v) is 20.4. The lowest BCUT2D eigenvalue weighted by Gasteiger charge is -2.29. The summed E-state index contributed by atoms with van der Waals surface area (Å²) in [5, 5.41) is 11.6. The normalized spacial score (nSPS) is 14.7. The molecule has 1 aliphatic rings. The van der Waals surface area contributed by atoms with Crippen molar-refractivity contribution in [3.8, 4) is 5.69 Å². The molecule has 1 saturated heterocycles. The van der Waals surface area contributed by atoms with Crippen molar-refractivity contribution in [3.63, 3.8) is 0 Å². The van der Waals surface area contributed by atoms with E-state index < -0.39 is 23.8 Å². The van der Waals surface area contributed by atoms with Crippen LogP contribution in [-0.2, 0) is 14.3 Å². The van der Waals surface area contributed by atoms with Gasteiger partial charge < -0.3 is 14.4 Å². The van der Waals surface area contributed by atoms with Crippen molar-refractivity contribution >= 4 is 52.8 Å². The lowest BCUT2D eigenvalue weighted by molar-refractivity contribution is -0.122. The minimum absolute atomic E-state index is 0.0293. The SMILES string of the molecule is COC(=O)c1ccccc1-n1c(C)cc(C=C2C(=O)NC(=S)N(c3cccc(C(=O)O)c3)C2=O)c1C. The number of methoxy groups -OCH3 is 1. The van der Waals surface area contributed by atoms with Gasteiger partial charge in [-0.2, -0.15) is 0 Å². The van der Waals surface area contributed by atoms with Crippen molar-refractivity contribution in [2.24, 2.45) is 0 Å². The fraction of sp³-hybridized carbons (Fsp3) is 0.115. The highest BCUT2D eigenvalue weighted by atomic mass is 32.1. The van der Waals surface area contributed by atoms with Crippen LogP contribution in [0.5, 0.6) is 0 Å². The first-order chi connectivity index (χ1) is 17.1. The van der Waals surface area contributed by atoms with Crippen LogP contribution in [-0.4, -0.2) is 45.6 Å². The summed E-state index contributed by atoms with van der Waals surface area (Å²) in [5.41, 5.74) is 3.00. The highest BCUT2D eigenvalue weighted by molar-refractivity contribution is 7.80. The topological polar surface area (TPSA) is 118 Å². The molecule has 1 fully saturated rings. The van der Waals surface area contributed by atoms with E-state index in [2.05, 4.69) is 5.32 Å². The average Bonchev–Trinajstić information content (AvgIpc) is 3.13. The van der Waals surface area contributed by atoms with Crippen LogP contribution in [0.2, 0.25) is 0 Å². The number of nitrogens with zero attached hydrogens (tertiary/aromatic N) is 2. The van der Waals surface area contributed by atoms with Crippen LogP contribution >= 0.6 is 12.2 Å². The Morgan fingerprint density at radius 2 is 1.78 bits per heavy atom. The summed E-state index contributed by atoms with van der Waals surface area (Å²) < 4.78 is 6.74. The zero-order valence-electron chi connectivity index (χ0n) is 19.6. The van der Waals surface area contributed by atoms with Crippen LogP contribution in [0.15, 0.2) is 60.2 Å². The Kier molecular flexibility index (Phi) is 6.54. The first-order valence-electron chi connectivity index (χ1n) is 10.8. The van der Waals surface area contributed by atoms with Crippen molar-refractivity contribution in [3.05, 3.63) is 88.2 Å². The number of amides is 2. The second-order valence-corrected chi connectivity index (χ2v) is 8.37. The first-order valence-corrected chi connectivity index (χ1v) is 11.2. The number of hydrogen-bond donors (Lipinski definition) is 2. The number of aromatic nitrogens is 1. The Labute approximate surface area is 211 Å². The molecule has 0 atom stereocenters. The van der Waals surface area contributed by atoms with Gasteiger partial charge in [-0.25, -0.2) is 9.59 Å². The number of hydrogen-bond acceptors (Lipinski definition) is 6. The van der Waals surface area contributed by atoms with E-state index in [4.69, 9.17) is 17.0 Å². The smallest absolute Gasteiger partial charge is 0.339 e. The van der Waals surface area contributed by atoms with E-state index in [1.807, 2.05) is 11.5 Å². The molecule has 2 amide bonds. The van der Waals surface area contributed by atoms with Crippen LogP contribution in [0.3, 0.4) is 0 Å². The lowest BCUT2D eigenvalue weighted by atomic mass is 10.1. The summed E-state index contributed by atoms with van der Waals surface area (Å²) in [6.07, 6.45) is 1.45. The Balaban J connectivity index is 1.79. The average molecular weight is 504 g/mol.